The van der Waals surface area contributed by atoms with E-state index < -0.39 is 0 Å². The molecule has 0 N–H and O–H groups in total. The standard InChI is InChI=1S/C18H12Cl2N.2C11H8N.Ir/c19-16-8-9-17(20)15(12-16)11-13-4-6-14(7-5-13)18-3-1-2-10-21-18;2*1-2-6-10(7-3-1)11-8-4-5-9-12-11;/h1-6,8-10,12H,11H2;2*1-6,8-9H;/q3*-1;+3. The average Bonchev–Trinajstić information content (AvgIpc) is 3.13. The molecule has 46 heavy (non-hydrogen) atoms. The second-order valence-electron chi connectivity index (χ2n) is 9.72. The van der Waals surface area contributed by atoms with E-state index in [-0.39, 0.29) is 20.1 Å². The summed E-state index contributed by atoms with van der Waals surface area (Å²) in [7, 11) is 0. The minimum atomic E-state index is 0. The van der Waals surface area contributed by atoms with E-state index >= 15 is 0 Å². The minimum Gasteiger partial charge on any atom is -0.305 e. The van der Waals surface area contributed by atoms with Crippen LogP contribution in [0.4, 0.5) is 0 Å². The predicted molar refractivity (Wildman–Crippen MR) is 185 cm³/mol. The number of halogens is 2. The zero-order valence-electron chi connectivity index (χ0n) is 24.6. The summed E-state index contributed by atoms with van der Waals surface area (Å²) in [6, 6.07) is 54.3. The maximum atomic E-state index is 6.19. The van der Waals surface area contributed by atoms with Crippen molar-refractivity contribution in [2.24, 2.45) is 0 Å². The van der Waals surface area contributed by atoms with Crippen molar-refractivity contribution in [3.8, 4) is 33.8 Å². The van der Waals surface area contributed by atoms with Crippen LogP contribution in [0.25, 0.3) is 33.8 Å². The molecule has 0 unspecified atom stereocenters. The third kappa shape index (κ3) is 10.6. The van der Waals surface area contributed by atoms with E-state index in [1.54, 1.807) is 24.7 Å². The molecule has 7 aromatic rings. The predicted octanol–water partition coefficient (Wildman–Crippen LogP) is 10.5. The van der Waals surface area contributed by atoms with Crippen LogP contribution in [0.3, 0.4) is 0 Å². The van der Waals surface area contributed by atoms with Gasteiger partial charge in [-0.1, -0.05) is 59.6 Å². The Morgan fingerprint density at radius 1 is 0.500 bits per heavy atom. The number of aromatic nitrogens is 3. The first-order valence-electron chi connectivity index (χ1n) is 14.3. The molecule has 0 bridgehead atoms. The van der Waals surface area contributed by atoms with E-state index in [1.165, 1.54) is 0 Å². The Kier molecular flexibility index (Phi) is 13.9. The molecule has 3 aromatic heterocycles. The summed E-state index contributed by atoms with van der Waals surface area (Å²) in [6.07, 6.45) is 6.09. The fourth-order valence-electron chi connectivity index (χ4n) is 4.30. The second kappa shape index (κ2) is 18.5. The largest absolute Gasteiger partial charge is 3.00 e. The minimum absolute atomic E-state index is 0. The van der Waals surface area contributed by atoms with Crippen LogP contribution >= 0.6 is 23.2 Å². The van der Waals surface area contributed by atoms with Gasteiger partial charge in [0.15, 0.2) is 0 Å². The van der Waals surface area contributed by atoms with Crippen molar-refractivity contribution in [1.82, 2.24) is 15.0 Å². The Hall–Kier alpha value is -4.44. The van der Waals surface area contributed by atoms with E-state index in [0.717, 1.165) is 56.3 Å². The van der Waals surface area contributed by atoms with Gasteiger partial charge in [-0.2, -0.15) is 0 Å². The Morgan fingerprint density at radius 2 is 1.00 bits per heavy atom. The van der Waals surface area contributed by atoms with Gasteiger partial charge >= 0.3 is 20.1 Å². The van der Waals surface area contributed by atoms with Gasteiger partial charge in [0, 0.05) is 28.6 Å². The monoisotopic (exact) mass is 813 g/mol. The van der Waals surface area contributed by atoms with Crippen molar-refractivity contribution >= 4 is 23.2 Å². The Morgan fingerprint density at radius 3 is 1.41 bits per heavy atom. The molecule has 0 radical (unpaired) electrons. The van der Waals surface area contributed by atoms with Gasteiger partial charge in [-0.15, -0.1) is 107 Å². The third-order valence-electron chi connectivity index (χ3n) is 6.52. The molecule has 3 heterocycles. The molecule has 0 aliphatic heterocycles. The number of hydrogen-bond acceptors (Lipinski definition) is 3. The van der Waals surface area contributed by atoms with Crippen LogP contribution in [-0.2, 0) is 26.5 Å². The topological polar surface area (TPSA) is 38.7 Å². The molecule has 0 saturated carbocycles. The number of pyridine rings is 3. The van der Waals surface area contributed by atoms with Gasteiger partial charge in [0.1, 0.15) is 0 Å². The molecule has 4 aromatic carbocycles. The quantitative estimate of drug-likeness (QED) is 0.163. The molecular formula is C40H28Cl2IrN3. The number of benzene rings is 4. The fourth-order valence-corrected chi connectivity index (χ4v) is 4.68. The van der Waals surface area contributed by atoms with Crippen LogP contribution in [0.1, 0.15) is 11.1 Å². The molecule has 3 nitrogen and oxygen atoms in total. The van der Waals surface area contributed by atoms with Crippen molar-refractivity contribution in [2.75, 3.05) is 0 Å². The molecule has 0 amide bonds. The molecule has 226 valence electrons. The van der Waals surface area contributed by atoms with Crippen LogP contribution in [-0.4, -0.2) is 15.0 Å². The Balaban J connectivity index is 0.000000165. The molecular weight excluding hydrogens is 786 g/mol. The van der Waals surface area contributed by atoms with E-state index in [0.29, 0.717) is 5.02 Å². The van der Waals surface area contributed by atoms with Gasteiger partial charge in [0.05, 0.1) is 0 Å². The van der Waals surface area contributed by atoms with Crippen LogP contribution in [0, 0.1) is 18.2 Å². The SMILES string of the molecule is Clc1ccc(Cl)c(Cc2c[c-]c(-c3ccccn3)cc2)c1.[Ir+3].[c-]1ccccc1-c1ccccn1.[c-]1ccccc1-c1ccccn1. The van der Waals surface area contributed by atoms with Gasteiger partial charge in [0.25, 0.3) is 0 Å². The maximum absolute atomic E-state index is 6.19. The number of rotatable bonds is 5. The maximum Gasteiger partial charge on any atom is 3.00 e. The summed E-state index contributed by atoms with van der Waals surface area (Å²) in [5.41, 5.74) is 8.08. The van der Waals surface area contributed by atoms with Crippen molar-refractivity contribution < 1.29 is 20.1 Å². The van der Waals surface area contributed by atoms with Crippen LogP contribution < -0.4 is 0 Å². The fraction of sp³-hybridized carbons (Fsp3) is 0.0250. The van der Waals surface area contributed by atoms with Crippen molar-refractivity contribution in [1.29, 1.82) is 0 Å². The van der Waals surface area contributed by atoms with Gasteiger partial charge in [-0.05, 0) is 65.5 Å². The summed E-state index contributed by atoms with van der Waals surface area (Å²) >= 11 is 12.2. The Bertz CT molecular complexity index is 1710. The van der Waals surface area contributed by atoms with E-state index in [2.05, 4.69) is 39.2 Å². The average molecular weight is 814 g/mol. The summed E-state index contributed by atoms with van der Waals surface area (Å²) < 4.78 is 0. The van der Waals surface area contributed by atoms with Crippen LogP contribution in [0.5, 0.6) is 0 Å². The normalized spacial score (nSPS) is 9.87. The number of hydrogen-bond donors (Lipinski definition) is 0. The van der Waals surface area contributed by atoms with Gasteiger partial charge in [-0.25, -0.2) is 0 Å². The molecule has 0 atom stereocenters. The first-order chi connectivity index (χ1) is 22.2. The Labute approximate surface area is 294 Å². The third-order valence-corrected chi connectivity index (χ3v) is 7.12. The number of nitrogens with zero attached hydrogens (tertiary/aromatic N) is 3. The van der Waals surface area contributed by atoms with Crippen molar-refractivity contribution in [3.05, 3.63) is 197 Å². The first-order valence-corrected chi connectivity index (χ1v) is 15.0. The zero-order valence-corrected chi connectivity index (χ0v) is 28.6. The second-order valence-corrected chi connectivity index (χ2v) is 10.6. The van der Waals surface area contributed by atoms with E-state index in [9.17, 15) is 0 Å². The molecule has 0 fully saturated rings. The molecule has 0 saturated heterocycles. The zero-order chi connectivity index (χ0) is 31.1. The smallest absolute Gasteiger partial charge is 0.305 e. The molecule has 7 rings (SSSR count). The van der Waals surface area contributed by atoms with Crippen LogP contribution in [0.15, 0.2) is 158 Å². The van der Waals surface area contributed by atoms with Crippen LogP contribution in [0.2, 0.25) is 10.0 Å². The van der Waals surface area contributed by atoms with Gasteiger partial charge < -0.3 is 15.0 Å². The summed E-state index contributed by atoms with van der Waals surface area (Å²) in [4.78, 5) is 12.8. The molecule has 0 aliphatic carbocycles. The molecule has 6 heteroatoms. The van der Waals surface area contributed by atoms with Crippen molar-refractivity contribution in [3.63, 3.8) is 0 Å². The molecule has 0 aliphatic rings. The molecule has 0 spiro atoms. The van der Waals surface area contributed by atoms with Gasteiger partial charge in [-0.3, -0.25) is 0 Å². The van der Waals surface area contributed by atoms with E-state index in [1.807, 2.05) is 127 Å². The van der Waals surface area contributed by atoms with Gasteiger partial charge in [0.2, 0.25) is 0 Å². The summed E-state index contributed by atoms with van der Waals surface area (Å²) in [5.74, 6) is 0. The van der Waals surface area contributed by atoms with Crippen molar-refractivity contribution in [2.45, 2.75) is 6.42 Å². The summed E-state index contributed by atoms with van der Waals surface area (Å²) in [6.45, 7) is 0. The summed E-state index contributed by atoms with van der Waals surface area (Å²) in [5, 5.41) is 1.43. The van der Waals surface area contributed by atoms with E-state index in [4.69, 9.17) is 23.2 Å². The first kappa shape index (κ1) is 34.4.